The molecule has 3 nitrogen and oxygen atoms in total. The lowest BCUT2D eigenvalue weighted by molar-refractivity contribution is -0.134. The van der Waals surface area contributed by atoms with Gasteiger partial charge in [0, 0.05) is 6.42 Å². The lowest BCUT2D eigenvalue weighted by atomic mass is 9.88. The molecule has 1 heterocycles. The number of imide groups is 1. The highest BCUT2D eigenvalue weighted by Crippen LogP contribution is 2.27. The summed E-state index contributed by atoms with van der Waals surface area (Å²) in [7, 11) is 0. The van der Waals surface area contributed by atoms with Crippen LogP contribution < -0.4 is 5.32 Å². The van der Waals surface area contributed by atoms with E-state index in [1.807, 2.05) is 12.1 Å². The van der Waals surface area contributed by atoms with E-state index in [4.69, 9.17) is 0 Å². The SMILES string of the molecule is CCC(C)c1ccc(C2CCC(=O)NC2=O)cc1. The van der Waals surface area contributed by atoms with Gasteiger partial charge in [-0.2, -0.15) is 0 Å². The van der Waals surface area contributed by atoms with E-state index >= 15 is 0 Å². The Hall–Kier alpha value is -1.64. The zero-order chi connectivity index (χ0) is 13.1. The second-order valence-electron chi connectivity index (χ2n) is 4.98. The minimum absolute atomic E-state index is 0.160. The summed E-state index contributed by atoms with van der Waals surface area (Å²) in [5.74, 6) is 0.0458. The average Bonchev–Trinajstić information content (AvgIpc) is 2.38. The number of hydrogen-bond acceptors (Lipinski definition) is 2. The summed E-state index contributed by atoms with van der Waals surface area (Å²) in [5.41, 5.74) is 2.31. The molecule has 1 saturated heterocycles. The largest absolute Gasteiger partial charge is 0.296 e. The van der Waals surface area contributed by atoms with Gasteiger partial charge in [-0.3, -0.25) is 14.9 Å². The van der Waals surface area contributed by atoms with Crippen molar-refractivity contribution in [1.29, 1.82) is 0 Å². The molecule has 1 fully saturated rings. The molecule has 2 rings (SSSR count). The third-order valence-electron chi connectivity index (χ3n) is 3.76. The Kier molecular flexibility index (Phi) is 3.80. The Bertz CT molecular complexity index is 450. The van der Waals surface area contributed by atoms with Gasteiger partial charge in [0.1, 0.15) is 0 Å². The van der Waals surface area contributed by atoms with E-state index in [0.717, 1.165) is 12.0 Å². The van der Waals surface area contributed by atoms with Crippen LogP contribution in [0.3, 0.4) is 0 Å². The Morgan fingerprint density at radius 3 is 2.50 bits per heavy atom. The van der Waals surface area contributed by atoms with E-state index in [-0.39, 0.29) is 17.7 Å². The predicted molar refractivity (Wildman–Crippen MR) is 70.3 cm³/mol. The highest BCUT2D eigenvalue weighted by atomic mass is 16.2. The van der Waals surface area contributed by atoms with Gasteiger partial charge >= 0.3 is 0 Å². The maximum absolute atomic E-state index is 11.7. The minimum atomic E-state index is -0.173. The van der Waals surface area contributed by atoms with Crippen molar-refractivity contribution in [2.45, 2.75) is 44.9 Å². The van der Waals surface area contributed by atoms with Crippen LogP contribution in [-0.4, -0.2) is 11.8 Å². The smallest absolute Gasteiger partial charge is 0.234 e. The lowest BCUT2D eigenvalue weighted by Crippen LogP contribution is -2.39. The molecule has 1 aliphatic heterocycles. The summed E-state index contributed by atoms with van der Waals surface area (Å²) in [5, 5.41) is 2.40. The molecule has 0 spiro atoms. The van der Waals surface area contributed by atoms with Crippen molar-refractivity contribution in [2.24, 2.45) is 0 Å². The first-order chi connectivity index (χ1) is 8.61. The molecule has 0 saturated carbocycles. The first kappa shape index (κ1) is 12.8. The van der Waals surface area contributed by atoms with Crippen LogP contribution in [0.1, 0.15) is 56.1 Å². The number of benzene rings is 1. The molecule has 0 aromatic heterocycles. The van der Waals surface area contributed by atoms with E-state index in [0.29, 0.717) is 18.8 Å². The standard InChI is InChI=1S/C15H19NO2/c1-3-10(2)11-4-6-12(7-5-11)13-8-9-14(17)16-15(13)18/h4-7,10,13H,3,8-9H2,1-2H3,(H,16,17,18). The van der Waals surface area contributed by atoms with E-state index in [1.165, 1.54) is 5.56 Å². The number of hydrogen-bond donors (Lipinski definition) is 1. The van der Waals surface area contributed by atoms with Crippen molar-refractivity contribution in [1.82, 2.24) is 5.32 Å². The van der Waals surface area contributed by atoms with Crippen LogP contribution in [0.25, 0.3) is 0 Å². The summed E-state index contributed by atoms with van der Waals surface area (Å²) < 4.78 is 0. The number of carbonyl (C=O) groups is 2. The first-order valence-corrected chi connectivity index (χ1v) is 6.55. The number of amides is 2. The molecule has 1 N–H and O–H groups in total. The second-order valence-corrected chi connectivity index (χ2v) is 4.98. The highest BCUT2D eigenvalue weighted by Gasteiger charge is 2.27. The van der Waals surface area contributed by atoms with Gasteiger partial charge in [0.05, 0.1) is 5.92 Å². The van der Waals surface area contributed by atoms with Gasteiger partial charge in [0.2, 0.25) is 11.8 Å². The van der Waals surface area contributed by atoms with Crippen molar-refractivity contribution < 1.29 is 9.59 Å². The third-order valence-corrected chi connectivity index (χ3v) is 3.76. The van der Waals surface area contributed by atoms with Crippen LogP contribution in [-0.2, 0) is 9.59 Å². The molecule has 0 aliphatic carbocycles. The summed E-state index contributed by atoms with van der Waals surface area (Å²) in [4.78, 5) is 22.8. The lowest BCUT2D eigenvalue weighted by Gasteiger charge is -2.21. The predicted octanol–water partition coefficient (Wildman–Crippen LogP) is 2.72. The highest BCUT2D eigenvalue weighted by molar-refractivity contribution is 6.00. The van der Waals surface area contributed by atoms with Crippen molar-refractivity contribution in [3.8, 4) is 0 Å². The zero-order valence-corrected chi connectivity index (χ0v) is 10.9. The van der Waals surface area contributed by atoms with Crippen LogP contribution in [0.5, 0.6) is 0 Å². The van der Waals surface area contributed by atoms with Crippen molar-refractivity contribution in [3.63, 3.8) is 0 Å². The van der Waals surface area contributed by atoms with E-state index in [9.17, 15) is 9.59 Å². The summed E-state index contributed by atoms with van der Waals surface area (Å²) in [6.45, 7) is 4.36. The average molecular weight is 245 g/mol. The summed E-state index contributed by atoms with van der Waals surface area (Å²) in [6.07, 6.45) is 2.16. The zero-order valence-electron chi connectivity index (χ0n) is 10.9. The Labute approximate surface area is 108 Å². The van der Waals surface area contributed by atoms with Crippen LogP contribution in [0, 0.1) is 0 Å². The van der Waals surface area contributed by atoms with Gasteiger partial charge in [-0.15, -0.1) is 0 Å². The molecule has 2 amide bonds. The van der Waals surface area contributed by atoms with Crippen LogP contribution >= 0.6 is 0 Å². The maximum atomic E-state index is 11.7. The molecule has 1 aromatic carbocycles. The number of rotatable bonds is 3. The molecular formula is C15H19NO2. The number of nitrogens with one attached hydrogen (secondary N) is 1. The van der Waals surface area contributed by atoms with E-state index < -0.39 is 0 Å². The van der Waals surface area contributed by atoms with Crippen LogP contribution in [0.2, 0.25) is 0 Å². The normalized spacial score (nSPS) is 21.6. The van der Waals surface area contributed by atoms with Gasteiger partial charge in [-0.25, -0.2) is 0 Å². The van der Waals surface area contributed by atoms with Crippen LogP contribution in [0.4, 0.5) is 0 Å². The monoisotopic (exact) mass is 245 g/mol. The molecule has 2 atom stereocenters. The summed E-state index contributed by atoms with van der Waals surface area (Å²) >= 11 is 0. The Morgan fingerprint density at radius 1 is 1.28 bits per heavy atom. The molecule has 0 bridgehead atoms. The molecule has 1 aromatic rings. The molecule has 96 valence electrons. The summed E-state index contributed by atoms with van der Waals surface area (Å²) in [6, 6.07) is 8.21. The molecule has 0 radical (unpaired) electrons. The molecule has 1 aliphatic rings. The fourth-order valence-corrected chi connectivity index (χ4v) is 2.30. The third kappa shape index (κ3) is 2.61. The number of carbonyl (C=O) groups excluding carboxylic acids is 2. The van der Waals surface area contributed by atoms with Crippen molar-refractivity contribution >= 4 is 11.8 Å². The van der Waals surface area contributed by atoms with Crippen molar-refractivity contribution in [2.75, 3.05) is 0 Å². The molecule has 18 heavy (non-hydrogen) atoms. The van der Waals surface area contributed by atoms with Gasteiger partial charge < -0.3 is 0 Å². The van der Waals surface area contributed by atoms with Crippen LogP contribution in [0.15, 0.2) is 24.3 Å². The fraction of sp³-hybridized carbons (Fsp3) is 0.467. The van der Waals surface area contributed by atoms with E-state index in [1.54, 1.807) is 0 Å². The van der Waals surface area contributed by atoms with Crippen molar-refractivity contribution in [3.05, 3.63) is 35.4 Å². The topological polar surface area (TPSA) is 46.2 Å². The van der Waals surface area contributed by atoms with Gasteiger partial charge in [-0.1, -0.05) is 38.1 Å². The fourth-order valence-electron chi connectivity index (χ4n) is 2.30. The quantitative estimate of drug-likeness (QED) is 0.832. The minimum Gasteiger partial charge on any atom is -0.296 e. The van der Waals surface area contributed by atoms with Gasteiger partial charge in [-0.05, 0) is 29.9 Å². The Morgan fingerprint density at radius 2 is 1.94 bits per heavy atom. The Balaban J connectivity index is 2.14. The maximum Gasteiger partial charge on any atom is 0.234 e. The molecule has 3 heteroatoms. The second kappa shape index (κ2) is 5.34. The van der Waals surface area contributed by atoms with Gasteiger partial charge in [0.25, 0.3) is 0 Å². The number of piperidine rings is 1. The van der Waals surface area contributed by atoms with Gasteiger partial charge in [0.15, 0.2) is 0 Å². The van der Waals surface area contributed by atoms with E-state index in [2.05, 4.69) is 31.3 Å². The molecule has 2 unspecified atom stereocenters. The molecular weight excluding hydrogens is 226 g/mol. The first-order valence-electron chi connectivity index (χ1n) is 6.55.